The van der Waals surface area contributed by atoms with E-state index in [1.165, 1.54) is 6.07 Å². The molecular weight excluding hydrogens is 411 g/mol. The molecule has 6 heteroatoms. The average Bonchev–Trinajstić information content (AvgIpc) is 2.38. The third-order valence-corrected chi connectivity index (χ3v) is 3.98. The normalized spacial score (nSPS) is 10.3. The second-order valence-corrected chi connectivity index (χ2v) is 6.13. The van der Waals surface area contributed by atoms with Crippen LogP contribution in [0, 0.1) is 0 Å². The number of carboxylic acid groups (broad SMARTS) is 1. The van der Waals surface area contributed by atoms with Crippen molar-refractivity contribution in [2.45, 2.75) is 6.61 Å². The van der Waals surface area contributed by atoms with Crippen molar-refractivity contribution in [1.82, 2.24) is 0 Å². The van der Waals surface area contributed by atoms with Gasteiger partial charge in [0.15, 0.2) is 0 Å². The fourth-order valence-electron chi connectivity index (χ4n) is 1.63. The number of aromatic carboxylic acids is 1. The number of rotatable bonds is 4. The Kier molecular flexibility index (Phi) is 5.07. The molecule has 0 aliphatic carbocycles. The molecule has 0 radical (unpaired) electrons. The van der Waals surface area contributed by atoms with Crippen molar-refractivity contribution in [3.8, 4) is 5.75 Å². The fourth-order valence-corrected chi connectivity index (χ4v) is 3.16. The topological polar surface area (TPSA) is 46.5 Å². The summed E-state index contributed by atoms with van der Waals surface area (Å²) >= 11 is 12.6. The van der Waals surface area contributed by atoms with Gasteiger partial charge in [0.05, 0.1) is 4.47 Å². The van der Waals surface area contributed by atoms with E-state index in [9.17, 15) is 9.90 Å². The van der Waals surface area contributed by atoms with Crippen LogP contribution in [-0.2, 0) is 6.61 Å². The lowest BCUT2D eigenvalue weighted by Gasteiger charge is -2.12. The van der Waals surface area contributed by atoms with Gasteiger partial charge < -0.3 is 9.84 Å². The van der Waals surface area contributed by atoms with E-state index in [1.807, 2.05) is 18.2 Å². The molecule has 2 rings (SSSR count). The van der Waals surface area contributed by atoms with Gasteiger partial charge in [-0.1, -0.05) is 45.7 Å². The Bertz CT molecular complexity index is 659. The van der Waals surface area contributed by atoms with E-state index in [0.29, 0.717) is 14.0 Å². The van der Waals surface area contributed by atoms with Crippen LogP contribution in [0.3, 0.4) is 0 Å². The summed E-state index contributed by atoms with van der Waals surface area (Å²) in [6.07, 6.45) is 0. The van der Waals surface area contributed by atoms with Gasteiger partial charge in [0, 0.05) is 15.1 Å². The van der Waals surface area contributed by atoms with Crippen molar-refractivity contribution in [3.05, 3.63) is 61.5 Å². The Balaban J connectivity index is 2.30. The maximum absolute atomic E-state index is 11.3. The highest BCUT2D eigenvalue weighted by atomic mass is 79.9. The number of carboxylic acids is 1. The van der Waals surface area contributed by atoms with Gasteiger partial charge in [-0.3, -0.25) is 0 Å². The first-order valence-corrected chi connectivity index (χ1v) is 7.54. The molecule has 0 aliphatic rings. The summed E-state index contributed by atoms with van der Waals surface area (Å²) in [6, 6.07) is 10.5. The minimum Gasteiger partial charge on any atom is -0.487 e. The fraction of sp³-hybridized carbons (Fsp3) is 0.0714. The largest absolute Gasteiger partial charge is 0.487 e. The summed E-state index contributed by atoms with van der Waals surface area (Å²) in [7, 11) is 0. The molecule has 0 aromatic heterocycles. The summed E-state index contributed by atoms with van der Waals surface area (Å²) in [5.74, 6) is -0.776. The summed E-state index contributed by atoms with van der Waals surface area (Å²) in [6.45, 7) is 0.195. The molecule has 20 heavy (non-hydrogen) atoms. The van der Waals surface area contributed by atoms with Crippen molar-refractivity contribution in [2.24, 2.45) is 0 Å². The third kappa shape index (κ3) is 3.53. The van der Waals surface area contributed by atoms with E-state index in [2.05, 4.69) is 31.9 Å². The van der Waals surface area contributed by atoms with E-state index in [-0.39, 0.29) is 17.9 Å². The standard InChI is InChI=1S/C14H9Br2ClO3/c15-9-5-10(14(18)19)13(11(16)6-9)20-7-8-3-1-2-4-12(8)17/h1-6H,7H2,(H,18,19). The van der Waals surface area contributed by atoms with E-state index in [4.69, 9.17) is 16.3 Å². The summed E-state index contributed by atoms with van der Waals surface area (Å²) in [5, 5.41) is 9.80. The summed E-state index contributed by atoms with van der Waals surface area (Å²) in [4.78, 5) is 11.3. The molecule has 0 saturated carbocycles. The van der Waals surface area contributed by atoms with Gasteiger partial charge in [0.1, 0.15) is 17.9 Å². The quantitative estimate of drug-likeness (QED) is 0.745. The minimum atomic E-state index is -1.05. The smallest absolute Gasteiger partial charge is 0.339 e. The van der Waals surface area contributed by atoms with Crippen molar-refractivity contribution in [2.75, 3.05) is 0 Å². The molecule has 0 fully saturated rings. The molecule has 2 aromatic carbocycles. The predicted molar refractivity (Wildman–Crippen MR) is 84.6 cm³/mol. The number of carbonyl (C=O) groups is 1. The number of benzene rings is 2. The zero-order valence-electron chi connectivity index (χ0n) is 10.1. The SMILES string of the molecule is O=C(O)c1cc(Br)cc(Br)c1OCc1ccccc1Cl. The van der Waals surface area contributed by atoms with E-state index in [1.54, 1.807) is 12.1 Å². The first-order valence-electron chi connectivity index (χ1n) is 5.57. The van der Waals surface area contributed by atoms with Crippen LogP contribution in [-0.4, -0.2) is 11.1 Å². The van der Waals surface area contributed by atoms with Gasteiger partial charge in [-0.05, 0) is 34.1 Å². The molecule has 104 valence electrons. The third-order valence-electron chi connectivity index (χ3n) is 2.57. The molecule has 0 unspecified atom stereocenters. The van der Waals surface area contributed by atoms with E-state index in [0.717, 1.165) is 5.56 Å². The van der Waals surface area contributed by atoms with Crippen LogP contribution in [0.5, 0.6) is 5.75 Å². The zero-order chi connectivity index (χ0) is 14.7. The van der Waals surface area contributed by atoms with E-state index >= 15 is 0 Å². The molecular formula is C14H9Br2ClO3. The molecule has 0 amide bonds. The molecule has 0 aliphatic heterocycles. The van der Waals surface area contributed by atoms with Crippen LogP contribution in [0.1, 0.15) is 15.9 Å². The van der Waals surface area contributed by atoms with Crippen LogP contribution in [0.25, 0.3) is 0 Å². The first kappa shape index (κ1) is 15.4. The second kappa shape index (κ2) is 6.61. The minimum absolute atomic E-state index is 0.0818. The number of halogens is 3. The van der Waals surface area contributed by atoms with Gasteiger partial charge in [-0.15, -0.1) is 0 Å². The molecule has 0 saturated heterocycles. The van der Waals surface area contributed by atoms with Gasteiger partial charge in [0.25, 0.3) is 0 Å². The zero-order valence-corrected chi connectivity index (χ0v) is 14.0. The number of hydrogen-bond acceptors (Lipinski definition) is 2. The highest BCUT2D eigenvalue weighted by molar-refractivity contribution is 9.11. The van der Waals surface area contributed by atoms with Crippen LogP contribution < -0.4 is 4.74 Å². The van der Waals surface area contributed by atoms with Crippen molar-refractivity contribution in [1.29, 1.82) is 0 Å². The highest BCUT2D eigenvalue weighted by Gasteiger charge is 2.16. The number of hydrogen-bond donors (Lipinski definition) is 1. The molecule has 1 N–H and O–H groups in total. The van der Waals surface area contributed by atoms with Crippen molar-refractivity contribution < 1.29 is 14.6 Å². The molecule has 2 aromatic rings. The Morgan fingerprint density at radius 2 is 1.95 bits per heavy atom. The summed E-state index contributed by atoms with van der Waals surface area (Å²) < 4.78 is 6.84. The Labute approximate surface area is 137 Å². The maximum atomic E-state index is 11.3. The van der Waals surface area contributed by atoms with Crippen LogP contribution in [0.4, 0.5) is 0 Å². The highest BCUT2D eigenvalue weighted by Crippen LogP contribution is 2.34. The second-order valence-electron chi connectivity index (χ2n) is 3.95. The monoisotopic (exact) mass is 418 g/mol. The van der Waals surface area contributed by atoms with Crippen molar-refractivity contribution in [3.63, 3.8) is 0 Å². The molecule has 0 bridgehead atoms. The predicted octanol–water partition coefficient (Wildman–Crippen LogP) is 5.14. The van der Waals surface area contributed by atoms with E-state index < -0.39 is 5.97 Å². The molecule has 0 heterocycles. The van der Waals surface area contributed by atoms with Crippen LogP contribution in [0.15, 0.2) is 45.3 Å². The molecule has 3 nitrogen and oxygen atoms in total. The van der Waals surface area contributed by atoms with Crippen LogP contribution in [0.2, 0.25) is 5.02 Å². The average molecular weight is 420 g/mol. The van der Waals surface area contributed by atoms with Gasteiger partial charge >= 0.3 is 5.97 Å². The Morgan fingerprint density at radius 3 is 2.60 bits per heavy atom. The lowest BCUT2D eigenvalue weighted by atomic mass is 10.2. The van der Waals surface area contributed by atoms with Crippen molar-refractivity contribution >= 4 is 49.4 Å². The van der Waals surface area contributed by atoms with Gasteiger partial charge in [-0.25, -0.2) is 4.79 Å². The molecule has 0 atom stereocenters. The maximum Gasteiger partial charge on any atom is 0.339 e. The number of ether oxygens (including phenoxy) is 1. The molecule has 0 spiro atoms. The lowest BCUT2D eigenvalue weighted by Crippen LogP contribution is -2.04. The van der Waals surface area contributed by atoms with Gasteiger partial charge in [-0.2, -0.15) is 0 Å². The first-order chi connectivity index (χ1) is 9.49. The van der Waals surface area contributed by atoms with Gasteiger partial charge in [0.2, 0.25) is 0 Å². The summed E-state index contributed by atoms with van der Waals surface area (Å²) in [5.41, 5.74) is 0.874. The lowest BCUT2D eigenvalue weighted by molar-refractivity contribution is 0.0691. The van der Waals surface area contributed by atoms with Crippen LogP contribution >= 0.6 is 43.5 Å². The Morgan fingerprint density at radius 1 is 1.25 bits per heavy atom. The Hall–Kier alpha value is -1.04.